The number of fused-ring (bicyclic) bond motifs is 1. The van der Waals surface area contributed by atoms with Crippen LogP contribution in [0.2, 0.25) is 0 Å². The van der Waals surface area contributed by atoms with Crippen LogP contribution in [0, 0.1) is 0 Å². The zero-order valence-electron chi connectivity index (χ0n) is 21.5. The van der Waals surface area contributed by atoms with E-state index in [1.165, 1.54) is 5.06 Å². The van der Waals surface area contributed by atoms with Gasteiger partial charge < -0.3 is 15.8 Å². The summed E-state index contributed by atoms with van der Waals surface area (Å²) in [5.41, 5.74) is 3.63. The van der Waals surface area contributed by atoms with E-state index in [-0.39, 0.29) is 11.9 Å². The molecule has 1 amide bonds. The van der Waals surface area contributed by atoms with Gasteiger partial charge in [-0.25, -0.2) is 0 Å². The highest BCUT2D eigenvalue weighted by Crippen LogP contribution is 2.39. The van der Waals surface area contributed by atoms with Crippen molar-refractivity contribution >= 4 is 40.3 Å². The van der Waals surface area contributed by atoms with E-state index in [4.69, 9.17) is 0 Å². The van der Waals surface area contributed by atoms with Crippen LogP contribution in [0.4, 0.5) is 11.4 Å². The van der Waals surface area contributed by atoms with Gasteiger partial charge in [-0.2, -0.15) is 10.2 Å². The first-order chi connectivity index (χ1) is 17.6. The van der Waals surface area contributed by atoms with Gasteiger partial charge in [-0.15, -0.1) is 0 Å². The average molecular weight is 497 g/mol. The summed E-state index contributed by atoms with van der Waals surface area (Å²) < 4.78 is 0. The minimum atomic E-state index is -0.587. The van der Waals surface area contributed by atoms with E-state index >= 15 is 0 Å². The molecule has 8 nitrogen and oxygen atoms in total. The lowest BCUT2D eigenvalue weighted by Crippen LogP contribution is -2.53. The van der Waals surface area contributed by atoms with Crippen LogP contribution < -0.4 is 10.6 Å². The van der Waals surface area contributed by atoms with E-state index in [9.17, 15) is 10.0 Å². The summed E-state index contributed by atoms with van der Waals surface area (Å²) in [6, 6.07) is 18.9. The minimum Gasteiger partial charge on any atom is -0.355 e. The van der Waals surface area contributed by atoms with Crippen LogP contribution in [0.1, 0.15) is 55.9 Å². The second-order valence-corrected chi connectivity index (χ2v) is 10.6. The number of H-pyrrole nitrogens is 1. The molecule has 1 atom stereocenters. The largest absolute Gasteiger partial charge is 0.355 e. The van der Waals surface area contributed by atoms with Crippen molar-refractivity contribution in [1.82, 2.24) is 25.6 Å². The molecular formula is C29H32N6O2. The lowest BCUT2D eigenvalue weighted by atomic mass is 9.94. The second-order valence-electron chi connectivity index (χ2n) is 10.6. The van der Waals surface area contributed by atoms with Gasteiger partial charge in [0.15, 0.2) is 0 Å². The van der Waals surface area contributed by atoms with Crippen LogP contribution in [0.3, 0.4) is 0 Å². The van der Waals surface area contributed by atoms with E-state index in [2.05, 4.69) is 25.8 Å². The molecule has 190 valence electrons. The summed E-state index contributed by atoms with van der Waals surface area (Å²) >= 11 is 0. The molecule has 5 rings (SSSR count). The Kier molecular flexibility index (Phi) is 6.31. The molecule has 1 aliphatic heterocycles. The number of hydrogen-bond donors (Lipinski definition) is 4. The van der Waals surface area contributed by atoms with E-state index in [1.807, 2.05) is 94.4 Å². The number of aromatic nitrogens is 3. The number of hydroxylamine groups is 2. The number of pyridine rings is 1. The van der Waals surface area contributed by atoms with Gasteiger partial charge in [0.2, 0.25) is 0 Å². The van der Waals surface area contributed by atoms with Gasteiger partial charge >= 0.3 is 0 Å². The molecule has 4 N–H and O–H groups in total. The summed E-state index contributed by atoms with van der Waals surface area (Å²) in [5.74, 6) is -0.183. The summed E-state index contributed by atoms with van der Waals surface area (Å²) in [5, 5.41) is 27.0. The van der Waals surface area contributed by atoms with Gasteiger partial charge in [0.05, 0.1) is 39.7 Å². The van der Waals surface area contributed by atoms with Gasteiger partial charge in [-0.05, 0) is 88.7 Å². The Morgan fingerprint density at radius 1 is 1.08 bits per heavy atom. The van der Waals surface area contributed by atoms with Crippen LogP contribution in [0.25, 0.3) is 23.1 Å². The summed E-state index contributed by atoms with van der Waals surface area (Å²) in [7, 11) is 0. The van der Waals surface area contributed by atoms with Crippen LogP contribution in [0.5, 0.6) is 0 Å². The summed E-state index contributed by atoms with van der Waals surface area (Å²) in [6.45, 7) is 7.83. The quantitative estimate of drug-likeness (QED) is 0.276. The fourth-order valence-electron chi connectivity index (χ4n) is 5.06. The number of hydrogen-bond acceptors (Lipinski definition) is 6. The van der Waals surface area contributed by atoms with Crippen LogP contribution in [-0.2, 0) is 0 Å². The molecule has 37 heavy (non-hydrogen) atoms. The Labute approximate surface area is 216 Å². The third kappa shape index (κ3) is 4.85. The molecule has 1 saturated heterocycles. The highest BCUT2D eigenvalue weighted by atomic mass is 16.5. The summed E-state index contributed by atoms with van der Waals surface area (Å²) in [6.07, 6.45) is 6.27. The lowest BCUT2D eigenvalue weighted by Gasteiger charge is -2.35. The van der Waals surface area contributed by atoms with Gasteiger partial charge in [-0.3, -0.25) is 14.9 Å². The minimum absolute atomic E-state index is 0.183. The van der Waals surface area contributed by atoms with Crippen molar-refractivity contribution in [3.05, 3.63) is 83.8 Å². The molecule has 1 aliphatic rings. The Morgan fingerprint density at radius 3 is 2.59 bits per heavy atom. The number of nitrogens with one attached hydrogen (secondary N) is 3. The molecule has 1 fully saturated rings. The Bertz CT molecular complexity index is 1460. The van der Waals surface area contributed by atoms with Gasteiger partial charge in [0, 0.05) is 22.8 Å². The van der Waals surface area contributed by atoms with E-state index < -0.39 is 11.1 Å². The molecule has 2 aromatic heterocycles. The number of carbonyl (C=O) groups excluding carboxylic acids is 1. The molecule has 0 radical (unpaired) electrons. The number of carbonyl (C=O) groups is 1. The lowest BCUT2D eigenvalue weighted by molar-refractivity contribution is -0.193. The number of aromatic amines is 1. The van der Waals surface area contributed by atoms with Crippen molar-refractivity contribution < 1.29 is 10.0 Å². The molecule has 0 aliphatic carbocycles. The van der Waals surface area contributed by atoms with Crippen molar-refractivity contribution in [2.24, 2.45) is 0 Å². The van der Waals surface area contributed by atoms with Crippen LogP contribution in [-0.4, -0.2) is 48.5 Å². The topological polar surface area (TPSA) is 106 Å². The molecular weight excluding hydrogens is 464 g/mol. The van der Waals surface area contributed by atoms with Gasteiger partial charge in [0.1, 0.15) is 0 Å². The molecule has 0 bridgehead atoms. The average Bonchev–Trinajstić information content (AvgIpc) is 3.35. The number of anilines is 2. The van der Waals surface area contributed by atoms with E-state index in [0.29, 0.717) is 17.7 Å². The predicted molar refractivity (Wildman–Crippen MR) is 147 cm³/mol. The van der Waals surface area contributed by atoms with Crippen LogP contribution >= 0.6 is 0 Å². The monoisotopic (exact) mass is 496 g/mol. The van der Waals surface area contributed by atoms with Crippen LogP contribution in [0.15, 0.2) is 66.9 Å². The van der Waals surface area contributed by atoms with Crippen molar-refractivity contribution in [1.29, 1.82) is 0 Å². The predicted octanol–water partition coefficient (Wildman–Crippen LogP) is 5.62. The Hall–Kier alpha value is -4.01. The van der Waals surface area contributed by atoms with Gasteiger partial charge in [0.25, 0.3) is 5.91 Å². The number of para-hydroxylation sites is 1. The molecule has 1 unspecified atom stereocenters. The first-order valence-corrected chi connectivity index (χ1v) is 12.4. The number of nitrogens with zero attached hydrogens (tertiary/aromatic N) is 3. The van der Waals surface area contributed by atoms with Crippen molar-refractivity contribution in [2.45, 2.75) is 51.2 Å². The van der Waals surface area contributed by atoms with Crippen molar-refractivity contribution in [2.75, 3.05) is 5.32 Å². The number of rotatable bonds is 6. The highest BCUT2D eigenvalue weighted by molar-refractivity contribution is 6.01. The number of amides is 1. The molecule has 8 heteroatoms. The zero-order chi connectivity index (χ0) is 26.2. The molecule has 0 saturated carbocycles. The maximum atomic E-state index is 13.3. The standard InChI is InChI=1S/C29H32N6O2/c1-28(2)18-26(29(3,4)35(28)37)32-27(36)22-10-5-6-11-23(22)31-20-12-14-21-24(33-34-25(21)17-20)15-13-19-9-7-8-16-30-19/h5-17,26,31,37H,18H2,1-4H3,(H,32,36)(H,33,34)/b15-13+. The maximum Gasteiger partial charge on any atom is 0.253 e. The first kappa shape index (κ1) is 24.7. The van der Waals surface area contributed by atoms with Crippen molar-refractivity contribution in [3.63, 3.8) is 0 Å². The third-order valence-electron chi connectivity index (χ3n) is 7.12. The van der Waals surface area contributed by atoms with E-state index in [0.717, 1.165) is 28.0 Å². The Morgan fingerprint density at radius 2 is 1.86 bits per heavy atom. The Balaban J connectivity index is 1.34. The molecule has 0 spiro atoms. The third-order valence-corrected chi connectivity index (χ3v) is 7.12. The van der Waals surface area contributed by atoms with Gasteiger partial charge in [-0.1, -0.05) is 18.2 Å². The fourth-order valence-corrected chi connectivity index (χ4v) is 5.06. The fraction of sp³-hybridized carbons (Fsp3) is 0.276. The summed E-state index contributed by atoms with van der Waals surface area (Å²) in [4.78, 5) is 17.7. The normalized spacial score (nSPS) is 18.9. The zero-order valence-corrected chi connectivity index (χ0v) is 21.5. The second kappa shape index (κ2) is 9.46. The molecule has 3 heterocycles. The number of benzene rings is 2. The smallest absolute Gasteiger partial charge is 0.253 e. The van der Waals surface area contributed by atoms with Crippen molar-refractivity contribution in [3.8, 4) is 0 Å². The molecule has 4 aromatic rings. The first-order valence-electron chi connectivity index (χ1n) is 12.4. The highest BCUT2D eigenvalue weighted by Gasteiger charge is 2.51. The SMILES string of the molecule is CC1(C)CC(NC(=O)c2ccccc2Nc2ccc3c(/C=C/c4ccccn4)n[nH]c3c2)C(C)(C)N1O. The molecule has 2 aromatic carbocycles. The maximum absolute atomic E-state index is 13.3. The van der Waals surface area contributed by atoms with E-state index in [1.54, 1.807) is 12.3 Å².